The van der Waals surface area contributed by atoms with Crippen molar-refractivity contribution in [2.45, 2.75) is 26.3 Å². The Morgan fingerprint density at radius 3 is 2.68 bits per heavy atom. The van der Waals surface area contributed by atoms with E-state index in [2.05, 4.69) is 47.9 Å². The molecule has 0 aromatic heterocycles. The molecule has 19 heavy (non-hydrogen) atoms. The Balaban J connectivity index is 2.03. The molecule has 1 heterocycles. The molecule has 1 aromatic rings. The maximum Gasteiger partial charge on any atom is 0.0473 e. The van der Waals surface area contributed by atoms with E-state index in [-0.39, 0.29) is 0 Å². The molecule has 0 radical (unpaired) electrons. The molecule has 3 heteroatoms. The van der Waals surface area contributed by atoms with Crippen LogP contribution in [0.2, 0.25) is 0 Å². The highest BCUT2D eigenvalue weighted by molar-refractivity contribution is 5.32. The largest absolute Gasteiger partial charge is 0.329 e. The molecule has 1 unspecified atom stereocenters. The van der Waals surface area contributed by atoms with Gasteiger partial charge in [-0.2, -0.15) is 0 Å². The summed E-state index contributed by atoms with van der Waals surface area (Å²) >= 11 is 0. The van der Waals surface area contributed by atoms with E-state index < -0.39 is 0 Å². The first-order valence-corrected chi connectivity index (χ1v) is 7.54. The van der Waals surface area contributed by atoms with E-state index in [0.29, 0.717) is 6.04 Å². The number of rotatable bonds is 6. The lowest BCUT2D eigenvalue weighted by atomic mass is 9.92. The first-order valence-electron chi connectivity index (χ1n) is 7.54. The average molecular weight is 261 g/mol. The SMILES string of the molecule is CCN(CC)CCN1CCc2ccccc2C1CN. The van der Waals surface area contributed by atoms with Crippen LogP contribution in [0.5, 0.6) is 0 Å². The fraction of sp³-hybridized carbons (Fsp3) is 0.625. The summed E-state index contributed by atoms with van der Waals surface area (Å²) in [5.74, 6) is 0. The maximum absolute atomic E-state index is 6.02. The van der Waals surface area contributed by atoms with Gasteiger partial charge in [0.1, 0.15) is 0 Å². The van der Waals surface area contributed by atoms with Gasteiger partial charge < -0.3 is 10.6 Å². The van der Waals surface area contributed by atoms with Gasteiger partial charge in [-0.3, -0.25) is 4.90 Å². The highest BCUT2D eigenvalue weighted by atomic mass is 15.2. The molecule has 0 amide bonds. The third kappa shape index (κ3) is 3.35. The van der Waals surface area contributed by atoms with Gasteiger partial charge in [0.05, 0.1) is 0 Å². The van der Waals surface area contributed by atoms with Gasteiger partial charge >= 0.3 is 0 Å². The number of benzene rings is 1. The molecule has 1 atom stereocenters. The first-order chi connectivity index (χ1) is 9.30. The fourth-order valence-corrected chi connectivity index (χ4v) is 3.06. The van der Waals surface area contributed by atoms with E-state index in [4.69, 9.17) is 5.73 Å². The van der Waals surface area contributed by atoms with Crippen LogP contribution in [0.1, 0.15) is 31.0 Å². The number of hydrogen-bond donors (Lipinski definition) is 1. The monoisotopic (exact) mass is 261 g/mol. The Kier molecular flexibility index (Phi) is 5.37. The van der Waals surface area contributed by atoms with Crippen molar-refractivity contribution in [2.24, 2.45) is 5.73 Å². The summed E-state index contributed by atoms with van der Waals surface area (Å²) in [5.41, 5.74) is 8.95. The zero-order valence-corrected chi connectivity index (χ0v) is 12.3. The van der Waals surface area contributed by atoms with Crippen molar-refractivity contribution in [3.8, 4) is 0 Å². The molecule has 106 valence electrons. The van der Waals surface area contributed by atoms with E-state index in [1.807, 2.05) is 0 Å². The van der Waals surface area contributed by atoms with Crippen LogP contribution in [0.25, 0.3) is 0 Å². The van der Waals surface area contributed by atoms with Crippen LogP contribution in [0, 0.1) is 0 Å². The Hall–Kier alpha value is -0.900. The van der Waals surface area contributed by atoms with Crippen molar-refractivity contribution in [2.75, 3.05) is 39.3 Å². The van der Waals surface area contributed by atoms with Crippen LogP contribution in [0.3, 0.4) is 0 Å². The normalized spacial score (nSPS) is 19.7. The van der Waals surface area contributed by atoms with Crippen LogP contribution in [-0.4, -0.2) is 49.1 Å². The quantitative estimate of drug-likeness (QED) is 0.849. The average Bonchev–Trinajstić information content (AvgIpc) is 2.47. The molecule has 2 N–H and O–H groups in total. The topological polar surface area (TPSA) is 32.5 Å². The molecule has 0 aliphatic carbocycles. The molecule has 0 spiro atoms. The summed E-state index contributed by atoms with van der Waals surface area (Å²) in [6, 6.07) is 9.17. The molecule has 2 rings (SSSR count). The van der Waals surface area contributed by atoms with Crippen molar-refractivity contribution in [3.05, 3.63) is 35.4 Å². The van der Waals surface area contributed by atoms with E-state index >= 15 is 0 Å². The Morgan fingerprint density at radius 1 is 1.26 bits per heavy atom. The first kappa shape index (κ1) is 14.5. The summed E-state index contributed by atoms with van der Waals surface area (Å²) in [5, 5.41) is 0. The zero-order valence-electron chi connectivity index (χ0n) is 12.3. The lowest BCUT2D eigenvalue weighted by molar-refractivity contribution is 0.159. The van der Waals surface area contributed by atoms with Gasteiger partial charge in [0, 0.05) is 32.2 Å². The van der Waals surface area contributed by atoms with Gasteiger partial charge in [0.25, 0.3) is 0 Å². The van der Waals surface area contributed by atoms with Crippen molar-refractivity contribution in [1.82, 2.24) is 9.80 Å². The van der Waals surface area contributed by atoms with Crippen LogP contribution < -0.4 is 5.73 Å². The van der Waals surface area contributed by atoms with Crippen molar-refractivity contribution >= 4 is 0 Å². The van der Waals surface area contributed by atoms with Crippen LogP contribution in [0.4, 0.5) is 0 Å². The summed E-state index contributed by atoms with van der Waals surface area (Å²) in [7, 11) is 0. The molecule has 1 aromatic carbocycles. The van der Waals surface area contributed by atoms with Gasteiger partial charge in [0.2, 0.25) is 0 Å². The molecule has 3 nitrogen and oxygen atoms in total. The second-order valence-electron chi connectivity index (χ2n) is 5.26. The summed E-state index contributed by atoms with van der Waals surface area (Å²) < 4.78 is 0. The van der Waals surface area contributed by atoms with Crippen molar-refractivity contribution in [1.29, 1.82) is 0 Å². The number of likely N-dealkylation sites (N-methyl/N-ethyl adjacent to an activating group) is 1. The van der Waals surface area contributed by atoms with Gasteiger partial charge in [-0.25, -0.2) is 0 Å². The number of hydrogen-bond acceptors (Lipinski definition) is 3. The van der Waals surface area contributed by atoms with E-state index in [9.17, 15) is 0 Å². The lowest BCUT2D eigenvalue weighted by Crippen LogP contribution is -2.43. The third-order valence-corrected chi connectivity index (χ3v) is 4.34. The standard InChI is InChI=1S/C16H27N3/c1-3-18(4-2)11-12-19-10-9-14-7-5-6-8-15(14)16(19)13-17/h5-8,16H,3-4,9-13,17H2,1-2H3. The highest BCUT2D eigenvalue weighted by Crippen LogP contribution is 2.28. The smallest absolute Gasteiger partial charge is 0.0473 e. The predicted octanol–water partition coefficient (Wildman–Crippen LogP) is 1.89. The number of nitrogens with two attached hydrogens (primary N) is 1. The van der Waals surface area contributed by atoms with Crippen LogP contribution >= 0.6 is 0 Å². The van der Waals surface area contributed by atoms with Crippen LogP contribution in [0.15, 0.2) is 24.3 Å². The molecule has 0 saturated heterocycles. The summed E-state index contributed by atoms with van der Waals surface area (Å²) in [6.45, 7) is 10.9. The Bertz CT molecular complexity index is 387. The minimum atomic E-state index is 0.403. The number of fused-ring (bicyclic) bond motifs is 1. The molecular formula is C16H27N3. The maximum atomic E-state index is 6.02. The fourth-order valence-electron chi connectivity index (χ4n) is 3.06. The van der Waals surface area contributed by atoms with Gasteiger partial charge in [0.15, 0.2) is 0 Å². The summed E-state index contributed by atoms with van der Waals surface area (Å²) in [6.07, 6.45) is 1.16. The minimum Gasteiger partial charge on any atom is -0.329 e. The van der Waals surface area contributed by atoms with E-state index in [0.717, 1.165) is 45.7 Å². The van der Waals surface area contributed by atoms with E-state index in [1.165, 1.54) is 11.1 Å². The van der Waals surface area contributed by atoms with Crippen LogP contribution in [-0.2, 0) is 6.42 Å². The molecule has 0 saturated carbocycles. The lowest BCUT2D eigenvalue weighted by Gasteiger charge is -2.37. The zero-order chi connectivity index (χ0) is 13.7. The predicted molar refractivity (Wildman–Crippen MR) is 81.3 cm³/mol. The van der Waals surface area contributed by atoms with Crippen molar-refractivity contribution in [3.63, 3.8) is 0 Å². The highest BCUT2D eigenvalue weighted by Gasteiger charge is 2.25. The second-order valence-corrected chi connectivity index (χ2v) is 5.26. The van der Waals surface area contributed by atoms with Gasteiger partial charge in [-0.1, -0.05) is 38.1 Å². The van der Waals surface area contributed by atoms with E-state index in [1.54, 1.807) is 0 Å². The number of nitrogens with zero attached hydrogens (tertiary/aromatic N) is 2. The Labute approximate surface area is 117 Å². The third-order valence-electron chi connectivity index (χ3n) is 4.34. The molecule has 0 fully saturated rings. The second kappa shape index (κ2) is 7.04. The molecular weight excluding hydrogens is 234 g/mol. The van der Waals surface area contributed by atoms with Crippen molar-refractivity contribution < 1.29 is 0 Å². The molecule has 0 bridgehead atoms. The molecule has 1 aliphatic heterocycles. The van der Waals surface area contributed by atoms with Gasteiger partial charge in [-0.05, 0) is 30.6 Å². The minimum absolute atomic E-state index is 0.403. The van der Waals surface area contributed by atoms with Gasteiger partial charge in [-0.15, -0.1) is 0 Å². The Morgan fingerprint density at radius 2 is 2.00 bits per heavy atom. The molecule has 1 aliphatic rings. The summed E-state index contributed by atoms with van der Waals surface area (Å²) in [4.78, 5) is 5.04.